The summed E-state index contributed by atoms with van der Waals surface area (Å²) < 4.78 is 28.1. The minimum atomic E-state index is -3.84. The number of nitrogens with zero attached hydrogens (tertiary/aromatic N) is 3. The molecule has 10 heteroatoms. The second kappa shape index (κ2) is 5.21. The van der Waals surface area contributed by atoms with Crippen molar-refractivity contribution in [1.82, 2.24) is 14.8 Å². The van der Waals surface area contributed by atoms with Crippen LogP contribution >= 0.6 is 11.3 Å². The van der Waals surface area contributed by atoms with Crippen molar-refractivity contribution < 1.29 is 18.3 Å². The standard InChI is InChI=1S/C10H12N4O4S2/c1-6-9(7(2)14(12-6)5-8(15)16)20(17,18)13-10-11-3-4-19-10/h3-4H,5H2,1-2H3,(H,11,13)(H,15,16). The largest absolute Gasteiger partial charge is 0.480 e. The molecular formula is C10H12N4O4S2. The van der Waals surface area contributed by atoms with Crippen molar-refractivity contribution in [2.75, 3.05) is 4.72 Å². The SMILES string of the molecule is Cc1nn(CC(=O)O)c(C)c1S(=O)(=O)Nc1nccs1. The fourth-order valence-electron chi connectivity index (χ4n) is 1.79. The molecule has 108 valence electrons. The molecule has 0 unspecified atom stereocenters. The Kier molecular flexibility index (Phi) is 3.77. The van der Waals surface area contributed by atoms with E-state index in [1.807, 2.05) is 0 Å². The highest BCUT2D eigenvalue weighted by atomic mass is 32.2. The highest BCUT2D eigenvalue weighted by Gasteiger charge is 2.25. The van der Waals surface area contributed by atoms with Crippen molar-refractivity contribution in [3.8, 4) is 0 Å². The number of sulfonamides is 1. The molecule has 0 amide bonds. The summed E-state index contributed by atoms with van der Waals surface area (Å²) in [6.45, 7) is 2.64. The lowest BCUT2D eigenvalue weighted by atomic mass is 10.4. The fraction of sp³-hybridized carbons (Fsp3) is 0.300. The molecule has 0 aromatic carbocycles. The Balaban J connectivity index is 2.41. The van der Waals surface area contributed by atoms with E-state index in [1.165, 1.54) is 20.0 Å². The Morgan fingerprint density at radius 1 is 1.50 bits per heavy atom. The molecule has 0 bridgehead atoms. The maximum absolute atomic E-state index is 12.3. The first kappa shape index (κ1) is 14.5. The van der Waals surface area contributed by atoms with Crippen LogP contribution in [0.3, 0.4) is 0 Å². The van der Waals surface area contributed by atoms with Gasteiger partial charge in [0.1, 0.15) is 11.4 Å². The molecule has 2 heterocycles. The molecule has 20 heavy (non-hydrogen) atoms. The molecule has 0 aliphatic carbocycles. The van der Waals surface area contributed by atoms with Crippen LogP contribution in [0, 0.1) is 13.8 Å². The monoisotopic (exact) mass is 316 g/mol. The number of rotatable bonds is 5. The summed E-state index contributed by atoms with van der Waals surface area (Å²) in [5.74, 6) is -1.09. The van der Waals surface area contributed by atoms with Gasteiger partial charge in [-0.2, -0.15) is 5.10 Å². The Morgan fingerprint density at radius 2 is 2.20 bits per heavy atom. The lowest BCUT2D eigenvalue weighted by molar-refractivity contribution is -0.137. The minimum absolute atomic E-state index is 0.0195. The highest BCUT2D eigenvalue weighted by molar-refractivity contribution is 7.93. The van der Waals surface area contributed by atoms with Gasteiger partial charge in [0, 0.05) is 11.6 Å². The number of aryl methyl sites for hydroxylation is 1. The van der Waals surface area contributed by atoms with E-state index in [9.17, 15) is 13.2 Å². The van der Waals surface area contributed by atoms with Gasteiger partial charge in [-0.1, -0.05) is 0 Å². The fourth-order valence-corrected chi connectivity index (χ4v) is 3.99. The van der Waals surface area contributed by atoms with Crippen molar-refractivity contribution in [3.05, 3.63) is 23.0 Å². The van der Waals surface area contributed by atoms with Crippen LogP contribution in [0.25, 0.3) is 0 Å². The minimum Gasteiger partial charge on any atom is -0.480 e. The molecule has 0 spiro atoms. The van der Waals surface area contributed by atoms with Crippen molar-refractivity contribution in [2.45, 2.75) is 25.3 Å². The first-order valence-electron chi connectivity index (χ1n) is 5.49. The van der Waals surface area contributed by atoms with Gasteiger partial charge in [-0.3, -0.25) is 14.2 Å². The molecule has 0 atom stereocenters. The topological polar surface area (TPSA) is 114 Å². The van der Waals surface area contributed by atoms with Gasteiger partial charge in [0.05, 0.1) is 11.4 Å². The van der Waals surface area contributed by atoms with E-state index in [0.717, 1.165) is 16.0 Å². The van der Waals surface area contributed by atoms with Gasteiger partial charge in [-0.05, 0) is 13.8 Å². The number of anilines is 1. The molecule has 0 fully saturated rings. The number of aliphatic carboxylic acids is 1. The predicted octanol–water partition coefficient (Wildman–Crippen LogP) is 0.842. The number of carboxylic acids is 1. The Morgan fingerprint density at radius 3 is 2.75 bits per heavy atom. The zero-order chi connectivity index (χ0) is 14.9. The van der Waals surface area contributed by atoms with Crippen LogP contribution in [0.2, 0.25) is 0 Å². The molecule has 2 N–H and O–H groups in total. The number of nitrogens with one attached hydrogen (secondary N) is 1. The van der Waals surface area contributed by atoms with E-state index in [2.05, 4.69) is 14.8 Å². The Bertz CT molecular complexity index is 734. The molecular weight excluding hydrogens is 304 g/mol. The molecule has 2 aromatic heterocycles. The summed E-state index contributed by atoms with van der Waals surface area (Å²) in [5.41, 5.74) is 0.516. The maximum Gasteiger partial charge on any atom is 0.325 e. The third-order valence-electron chi connectivity index (χ3n) is 2.52. The molecule has 0 aliphatic rings. The summed E-state index contributed by atoms with van der Waals surface area (Å²) >= 11 is 1.15. The Labute approximate surface area is 119 Å². The zero-order valence-corrected chi connectivity index (χ0v) is 12.3. The summed E-state index contributed by atoms with van der Waals surface area (Å²) in [7, 11) is -3.84. The van der Waals surface area contributed by atoms with E-state index in [1.54, 1.807) is 5.38 Å². The predicted molar refractivity (Wildman–Crippen MR) is 72.3 cm³/mol. The van der Waals surface area contributed by atoms with Gasteiger partial charge < -0.3 is 5.11 Å². The number of aromatic nitrogens is 3. The van der Waals surface area contributed by atoms with Crippen molar-refractivity contribution in [1.29, 1.82) is 0 Å². The highest BCUT2D eigenvalue weighted by Crippen LogP contribution is 2.23. The van der Waals surface area contributed by atoms with Crippen LogP contribution in [0.1, 0.15) is 11.4 Å². The van der Waals surface area contributed by atoms with Gasteiger partial charge in [0.15, 0.2) is 5.13 Å². The third-order valence-corrected chi connectivity index (χ3v) is 4.93. The maximum atomic E-state index is 12.3. The van der Waals surface area contributed by atoms with Crippen LogP contribution in [0.5, 0.6) is 0 Å². The lowest BCUT2D eigenvalue weighted by Crippen LogP contribution is -2.16. The van der Waals surface area contributed by atoms with E-state index >= 15 is 0 Å². The lowest BCUT2D eigenvalue weighted by Gasteiger charge is -2.05. The second-order valence-electron chi connectivity index (χ2n) is 3.99. The number of carboxylic acid groups (broad SMARTS) is 1. The molecule has 2 aromatic rings. The molecule has 0 saturated heterocycles. The van der Waals surface area contributed by atoms with E-state index in [-0.39, 0.29) is 28.0 Å². The first-order valence-corrected chi connectivity index (χ1v) is 7.85. The van der Waals surface area contributed by atoms with Crippen LogP contribution < -0.4 is 4.72 Å². The quantitative estimate of drug-likeness (QED) is 0.845. The number of thiazole rings is 1. The average Bonchev–Trinajstić information content (AvgIpc) is 2.87. The van der Waals surface area contributed by atoms with E-state index in [0.29, 0.717) is 0 Å². The third kappa shape index (κ3) is 2.80. The smallest absolute Gasteiger partial charge is 0.325 e. The number of carbonyl (C=O) groups is 1. The van der Waals surface area contributed by atoms with Crippen molar-refractivity contribution in [3.63, 3.8) is 0 Å². The van der Waals surface area contributed by atoms with Crippen LogP contribution in [-0.4, -0.2) is 34.3 Å². The van der Waals surface area contributed by atoms with Crippen LogP contribution in [0.15, 0.2) is 16.5 Å². The summed E-state index contributed by atoms with van der Waals surface area (Å²) in [6.07, 6.45) is 1.48. The van der Waals surface area contributed by atoms with Crippen LogP contribution in [-0.2, 0) is 21.4 Å². The van der Waals surface area contributed by atoms with Crippen LogP contribution in [0.4, 0.5) is 5.13 Å². The molecule has 2 rings (SSSR count). The first-order chi connectivity index (χ1) is 9.31. The molecule has 0 saturated carbocycles. The van der Waals surface area contributed by atoms with Gasteiger partial charge in [-0.15, -0.1) is 11.3 Å². The van der Waals surface area contributed by atoms with Crippen molar-refractivity contribution in [2.24, 2.45) is 0 Å². The summed E-state index contributed by atoms with van der Waals surface area (Å²) in [4.78, 5) is 14.5. The molecule has 8 nitrogen and oxygen atoms in total. The molecule has 0 aliphatic heterocycles. The Hall–Kier alpha value is -1.94. The number of hydrogen-bond donors (Lipinski definition) is 2. The zero-order valence-electron chi connectivity index (χ0n) is 10.7. The number of hydrogen-bond acceptors (Lipinski definition) is 6. The summed E-state index contributed by atoms with van der Waals surface area (Å²) in [5, 5.41) is 14.6. The van der Waals surface area contributed by atoms with Gasteiger partial charge in [-0.25, -0.2) is 13.4 Å². The average molecular weight is 316 g/mol. The van der Waals surface area contributed by atoms with Gasteiger partial charge in [0.2, 0.25) is 0 Å². The van der Waals surface area contributed by atoms with Gasteiger partial charge in [0.25, 0.3) is 10.0 Å². The summed E-state index contributed by atoms with van der Waals surface area (Å²) in [6, 6.07) is 0. The van der Waals surface area contributed by atoms with Gasteiger partial charge >= 0.3 is 5.97 Å². The van der Waals surface area contributed by atoms with E-state index < -0.39 is 16.0 Å². The second-order valence-corrected chi connectivity index (χ2v) is 6.51. The van der Waals surface area contributed by atoms with E-state index in [4.69, 9.17) is 5.11 Å². The normalized spacial score (nSPS) is 11.5. The van der Waals surface area contributed by atoms with Crippen molar-refractivity contribution >= 4 is 32.5 Å². The molecule has 0 radical (unpaired) electrons.